The molecule has 98 valence electrons. The number of ether oxygens (including phenoxy) is 1. The first kappa shape index (κ1) is 14.0. The molecule has 0 fully saturated rings. The summed E-state index contributed by atoms with van der Waals surface area (Å²) in [4.78, 5) is 24.7. The van der Waals surface area contributed by atoms with Gasteiger partial charge < -0.3 is 15.4 Å². The Morgan fingerprint density at radius 3 is 2.61 bits per heavy atom. The molecule has 0 radical (unpaired) electrons. The van der Waals surface area contributed by atoms with E-state index in [1.54, 1.807) is 32.2 Å². The minimum atomic E-state index is -0.509. The Hall–Kier alpha value is -2.04. The van der Waals surface area contributed by atoms with E-state index in [1.165, 1.54) is 4.90 Å². The van der Waals surface area contributed by atoms with E-state index in [1.807, 2.05) is 6.92 Å². The Kier molecular flexibility index (Phi) is 4.71. The average molecular weight is 250 g/mol. The van der Waals surface area contributed by atoms with Gasteiger partial charge in [0.05, 0.1) is 5.56 Å². The van der Waals surface area contributed by atoms with Gasteiger partial charge in [-0.05, 0) is 37.6 Å². The van der Waals surface area contributed by atoms with E-state index >= 15 is 0 Å². The number of rotatable bonds is 4. The Labute approximate surface area is 107 Å². The number of carbonyl (C=O) groups excluding carboxylic acids is 2. The van der Waals surface area contributed by atoms with Crippen molar-refractivity contribution in [1.82, 2.24) is 4.90 Å². The van der Waals surface area contributed by atoms with Crippen molar-refractivity contribution in [2.24, 2.45) is 0 Å². The highest BCUT2D eigenvalue weighted by Gasteiger charge is 2.14. The predicted octanol–water partition coefficient (Wildman–Crippen LogP) is 1.21. The zero-order chi connectivity index (χ0) is 13.7. The van der Waals surface area contributed by atoms with Gasteiger partial charge in [-0.2, -0.15) is 0 Å². The van der Waals surface area contributed by atoms with Gasteiger partial charge in [0.2, 0.25) is 0 Å². The second kappa shape index (κ2) is 6.05. The first-order chi connectivity index (χ1) is 8.45. The van der Waals surface area contributed by atoms with Crippen LogP contribution in [0.25, 0.3) is 0 Å². The zero-order valence-electron chi connectivity index (χ0n) is 10.9. The second-order valence-electron chi connectivity index (χ2n) is 4.06. The van der Waals surface area contributed by atoms with Gasteiger partial charge in [-0.3, -0.25) is 4.79 Å². The third-order valence-corrected chi connectivity index (χ3v) is 2.70. The van der Waals surface area contributed by atoms with Gasteiger partial charge in [0.1, 0.15) is 0 Å². The van der Waals surface area contributed by atoms with Crippen molar-refractivity contribution < 1.29 is 14.3 Å². The van der Waals surface area contributed by atoms with Crippen LogP contribution >= 0.6 is 0 Å². The van der Waals surface area contributed by atoms with Crippen molar-refractivity contribution in [2.45, 2.75) is 13.8 Å². The standard InChI is InChI=1S/C13H18N2O3/c1-4-15(3)12(16)8-18-13(17)11-6-5-10(14)7-9(11)2/h5-7H,4,8,14H2,1-3H3. The van der Waals surface area contributed by atoms with Gasteiger partial charge in [-0.25, -0.2) is 4.79 Å². The lowest BCUT2D eigenvalue weighted by Gasteiger charge is -2.14. The number of esters is 1. The van der Waals surface area contributed by atoms with Crippen LogP contribution in [0.4, 0.5) is 5.69 Å². The molecule has 1 aromatic rings. The first-order valence-electron chi connectivity index (χ1n) is 5.73. The molecule has 5 nitrogen and oxygen atoms in total. The fourth-order valence-electron chi connectivity index (χ4n) is 1.41. The summed E-state index contributed by atoms with van der Waals surface area (Å²) in [6.45, 7) is 3.96. The lowest BCUT2D eigenvalue weighted by atomic mass is 10.1. The van der Waals surface area contributed by atoms with Crippen LogP contribution in [0.3, 0.4) is 0 Å². The summed E-state index contributed by atoms with van der Waals surface area (Å²) >= 11 is 0. The van der Waals surface area contributed by atoms with E-state index in [0.29, 0.717) is 17.8 Å². The van der Waals surface area contributed by atoms with Crippen LogP contribution < -0.4 is 5.73 Å². The summed E-state index contributed by atoms with van der Waals surface area (Å²) in [5.41, 5.74) is 7.34. The van der Waals surface area contributed by atoms with Gasteiger partial charge in [0, 0.05) is 19.3 Å². The topological polar surface area (TPSA) is 72.6 Å². The highest BCUT2D eigenvalue weighted by Crippen LogP contribution is 2.13. The molecule has 0 aliphatic rings. The Balaban J connectivity index is 2.63. The number of hydrogen-bond acceptors (Lipinski definition) is 4. The first-order valence-corrected chi connectivity index (χ1v) is 5.73. The molecular formula is C13H18N2O3. The van der Waals surface area contributed by atoms with Crippen LogP contribution in [0, 0.1) is 6.92 Å². The number of aryl methyl sites for hydroxylation is 1. The number of amides is 1. The summed E-state index contributed by atoms with van der Waals surface area (Å²) < 4.78 is 4.96. The Morgan fingerprint density at radius 2 is 2.06 bits per heavy atom. The number of nitrogens with two attached hydrogens (primary N) is 1. The zero-order valence-corrected chi connectivity index (χ0v) is 10.9. The lowest BCUT2D eigenvalue weighted by molar-refractivity contribution is -0.133. The van der Waals surface area contributed by atoms with Crippen LogP contribution in [-0.4, -0.2) is 37.0 Å². The van der Waals surface area contributed by atoms with E-state index in [0.717, 1.165) is 5.56 Å². The van der Waals surface area contributed by atoms with Gasteiger partial charge >= 0.3 is 5.97 Å². The van der Waals surface area contributed by atoms with Crippen molar-refractivity contribution in [1.29, 1.82) is 0 Å². The smallest absolute Gasteiger partial charge is 0.338 e. The van der Waals surface area contributed by atoms with Gasteiger partial charge in [-0.1, -0.05) is 0 Å². The van der Waals surface area contributed by atoms with E-state index in [2.05, 4.69) is 0 Å². The molecule has 0 bridgehead atoms. The highest BCUT2D eigenvalue weighted by molar-refractivity contribution is 5.93. The largest absolute Gasteiger partial charge is 0.452 e. The van der Waals surface area contributed by atoms with Gasteiger partial charge in [-0.15, -0.1) is 0 Å². The Morgan fingerprint density at radius 1 is 1.39 bits per heavy atom. The van der Waals surface area contributed by atoms with Crippen LogP contribution in [0.5, 0.6) is 0 Å². The summed E-state index contributed by atoms with van der Waals surface area (Å²) in [5.74, 6) is -0.732. The summed E-state index contributed by atoms with van der Waals surface area (Å²) in [5, 5.41) is 0. The molecule has 0 atom stereocenters. The SMILES string of the molecule is CCN(C)C(=O)COC(=O)c1ccc(N)cc1C. The average Bonchev–Trinajstić information content (AvgIpc) is 2.34. The fourth-order valence-corrected chi connectivity index (χ4v) is 1.41. The summed E-state index contributed by atoms with van der Waals surface area (Å²) in [6.07, 6.45) is 0. The summed E-state index contributed by atoms with van der Waals surface area (Å²) in [7, 11) is 1.66. The molecule has 5 heteroatoms. The molecule has 0 heterocycles. The van der Waals surface area contributed by atoms with E-state index < -0.39 is 5.97 Å². The highest BCUT2D eigenvalue weighted by atomic mass is 16.5. The van der Waals surface area contributed by atoms with Crippen molar-refractivity contribution in [3.63, 3.8) is 0 Å². The minimum absolute atomic E-state index is 0.223. The van der Waals surface area contributed by atoms with E-state index in [9.17, 15) is 9.59 Å². The van der Waals surface area contributed by atoms with Gasteiger partial charge in [0.15, 0.2) is 6.61 Å². The minimum Gasteiger partial charge on any atom is -0.452 e. The maximum atomic E-state index is 11.8. The van der Waals surface area contributed by atoms with Gasteiger partial charge in [0.25, 0.3) is 5.91 Å². The van der Waals surface area contributed by atoms with E-state index in [4.69, 9.17) is 10.5 Å². The quantitative estimate of drug-likeness (QED) is 0.644. The van der Waals surface area contributed by atoms with Crippen LogP contribution in [0.15, 0.2) is 18.2 Å². The maximum absolute atomic E-state index is 11.8. The molecule has 0 saturated carbocycles. The Bertz CT molecular complexity index is 458. The molecule has 0 saturated heterocycles. The number of carbonyl (C=O) groups is 2. The van der Waals surface area contributed by atoms with Crippen LogP contribution in [-0.2, 0) is 9.53 Å². The number of nitrogen functional groups attached to an aromatic ring is 1. The molecule has 18 heavy (non-hydrogen) atoms. The number of likely N-dealkylation sites (N-methyl/N-ethyl adjacent to an activating group) is 1. The molecule has 0 spiro atoms. The van der Waals surface area contributed by atoms with E-state index in [-0.39, 0.29) is 12.5 Å². The molecule has 0 aromatic heterocycles. The van der Waals surface area contributed by atoms with Crippen LogP contribution in [0.2, 0.25) is 0 Å². The van der Waals surface area contributed by atoms with Crippen molar-refractivity contribution in [3.05, 3.63) is 29.3 Å². The van der Waals surface area contributed by atoms with Crippen molar-refractivity contribution in [3.8, 4) is 0 Å². The molecule has 0 unspecified atom stereocenters. The number of benzene rings is 1. The predicted molar refractivity (Wildman–Crippen MR) is 69.2 cm³/mol. The molecule has 1 aromatic carbocycles. The molecule has 1 amide bonds. The molecule has 2 N–H and O–H groups in total. The third kappa shape index (κ3) is 3.48. The normalized spacial score (nSPS) is 9.94. The molecule has 0 aliphatic carbocycles. The fraction of sp³-hybridized carbons (Fsp3) is 0.385. The third-order valence-electron chi connectivity index (χ3n) is 2.70. The number of hydrogen-bond donors (Lipinski definition) is 1. The van der Waals surface area contributed by atoms with Crippen molar-refractivity contribution >= 4 is 17.6 Å². The lowest BCUT2D eigenvalue weighted by Crippen LogP contribution is -2.31. The molecule has 1 rings (SSSR count). The maximum Gasteiger partial charge on any atom is 0.338 e. The number of anilines is 1. The monoisotopic (exact) mass is 250 g/mol. The summed E-state index contributed by atoms with van der Waals surface area (Å²) in [6, 6.07) is 4.92. The molecular weight excluding hydrogens is 232 g/mol. The van der Waals surface area contributed by atoms with Crippen LogP contribution in [0.1, 0.15) is 22.8 Å². The number of nitrogens with zero attached hydrogens (tertiary/aromatic N) is 1. The van der Waals surface area contributed by atoms with Crippen molar-refractivity contribution in [2.75, 3.05) is 25.9 Å². The second-order valence-corrected chi connectivity index (χ2v) is 4.06. The molecule has 0 aliphatic heterocycles.